The van der Waals surface area contributed by atoms with Crippen molar-refractivity contribution in [1.82, 2.24) is 10.2 Å². The van der Waals surface area contributed by atoms with Crippen LogP contribution >= 0.6 is 39.0 Å². The number of nitrogens with zero attached hydrogens (tertiary/aromatic N) is 2. The first kappa shape index (κ1) is 17.4. The van der Waals surface area contributed by atoms with Crippen LogP contribution in [0.3, 0.4) is 0 Å². The summed E-state index contributed by atoms with van der Waals surface area (Å²) in [4.78, 5) is 12.5. The highest BCUT2D eigenvalue weighted by molar-refractivity contribution is 9.10. The predicted octanol–water partition coefficient (Wildman–Crippen LogP) is 5.50. The number of amides is 1. The van der Waals surface area contributed by atoms with Gasteiger partial charge in [-0.25, -0.2) is 0 Å². The standard InChI is InChI=1S/C16H16BrN3O2S2/c1-3-4-7-23-16-20-19-15(24-16)18-14(21)13-9(2)11-8-10(17)5-6-12(11)22-13/h5-6,8H,3-4,7H2,1-2H3,(H,18,19,21). The molecule has 2 heterocycles. The molecule has 2 aromatic heterocycles. The van der Waals surface area contributed by atoms with Crippen molar-refractivity contribution in [3.63, 3.8) is 0 Å². The molecule has 0 atom stereocenters. The number of nitrogens with one attached hydrogen (secondary N) is 1. The van der Waals surface area contributed by atoms with E-state index in [9.17, 15) is 4.79 Å². The number of carbonyl (C=O) groups excluding carboxylic acids is 1. The summed E-state index contributed by atoms with van der Waals surface area (Å²) in [5, 5.41) is 12.3. The Bertz CT molecular complexity index is 875. The average molecular weight is 426 g/mol. The van der Waals surface area contributed by atoms with Gasteiger partial charge in [0.15, 0.2) is 10.1 Å². The number of hydrogen-bond donors (Lipinski definition) is 1. The van der Waals surface area contributed by atoms with Gasteiger partial charge in [0.1, 0.15) is 5.58 Å². The Balaban J connectivity index is 1.74. The molecule has 1 N–H and O–H groups in total. The number of rotatable bonds is 6. The van der Waals surface area contributed by atoms with Gasteiger partial charge in [0.2, 0.25) is 5.13 Å². The van der Waals surface area contributed by atoms with Crippen LogP contribution in [0.5, 0.6) is 0 Å². The highest BCUT2D eigenvalue weighted by atomic mass is 79.9. The molecule has 0 aliphatic rings. The van der Waals surface area contributed by atoms with Crippen LogP contribution in [0.4, 0.5) is 5.13 Å². The van der Waals surface area contributed by atoms with Gasteiger partial charge in [-0.1, -0.05) is 52.4 Å². The molecular weight excluding hydrogens is 410 g/mol. The first-order valence-electron chi connectivity index (χ1n) is 7.54. The molecule has 1 amide bonds. The Morgan fingerprint density at radius 3 is 3.04 bits per heavy atom. The molecule has 3 rings (SSSR count). The third kappa shape index (κ3) is 3.81. The van der Waals surface area contributed by atoms with Crippen LogP contribution in [0, 0.1) is 6.92 Å². The topological polar surface area (TPSA) is 68.0 Å². The lowest BCUT2D eigenvalue weighted by Gasteiger charge is -1.98. The van der Waals surface area contributed by atoms with E-state index in [-0.39, 0.29) is 5.91 Å². The van der Waals surface area contributed by atoms with Crippen LogP contribution in [0.15, 0.2) is 31.4 Å². The third-order valence-corrected chi connectivity index (χ3v) is 6.01. The molecule has 24 heavy (non-hydrogen) atoms. The molecule has 0 spiro atoms. The number of carbonyl (C=O) groups is 1. The zero-order valence-electron chi connectivity index (χ0n) is 13.3. The second-order valence-electron chi connectivity index (χ2n) is 5.23. The fraction of sp³-hybridized carbons (Fsp3) is 0.312. The van der Waals surface area contributed by atoms with Gasteiger partial charge in [0.25, 0.3) is 5.91 Å². The number of furan rings is 1. The Labute approximate surface area is 156 Å². The van der Waals surface area contributed by atoms with Gasteiger partial charge in [-0.05, 0) is 31.5 Å². The highest BCUT2D eigenvalue weighted by Crippen LogP contribution is 2.30. The number of thioether (sulfide) groups is 1. The van der Waals surface area contributed by atoms with Gasteiger partial charge >= 0.3 is 0 Å². The number of aryl methyl sites for hydroxylation is 1. The summed E-state index contributed by atoms with van der Waals surface area (Å²) >= 11 is 6.48. The number of fused-ring (bicyclic) bond motifs is 1. The monoisotopic (exact) mass is 425 g/mol. The molecular formula is C16H16BrN3O2S2. The summed E-state index contributed by atoms with van der Waals surface area (Å²) < 4.78 is 7.51. The molecule has 1 aromatic carbocycles. The van der Waals surface area contributed by atoms with Crippen molar-refractivity contribution in [3.05, 3.63) is 34.0 Å². The smallest absolute Gasteiger partial charge is 0.293 e. The quantitative estimate of drug-likeness (QED) is 0.320. The van der Waals surface area contributed by atoms with Crippen LogP contribution in [-0.4, -0.2) is 21.9 Å². The van der Waals surface area contributed by atoms with Crippen LogP contribution in [-0.2, 0) is 0 Å². The normalized spacial score (nSPS) is 11.1. The lowest BCUT2D eigenvalue weighted by Crippen LogP contribution is -2.11. The zero-order chi connectivity index (χ0) is 17.1. The van der Waals surface area contributed by atoms with Gasteiger partial charge in [0, 0.05) is 21.2 Å². The molecule has 0 aliphatic carbocycles. The molecule has 0 radical (unpaired) electrons. The van der Waals surface area contributed by atoms with E-state index in [0.717, 1.165) is 38.4 Å². The van der Waals surface area contributed by atoms with Crippen molar-refractivity contribution >= 4 is 61.0 Å². The number of benzene rings is 1. The van der Waals surface area contributed by atoms with Crippen LogP contribution in [0.25, 0.3) is 11.0 Å². The Kier molecular flexibility index (Phi) is 5.57. The minimum atomic E-state index is -0.305. The fourth-order valence-electron chi connectivity index (χ4n) is 2.19. The SMILES string of the molecule is CCCCSc1nnc(NC(=O)c2oc3ccc(Br)cc3c2C)s1. The largest absolute Gasteiger partial charge is 0.451 e. The maximum Gasteiger partial charge on any atom is 0.293 e. The molecule has 0 saturated heterocycles. The second-order valence-corrected chi connectivity index (χ2v) is 8.46. The van der Waals surface area contributed by atoms with Gasteiger partial charge < -0.3 is 4.42 Å². The number of hydrogen-bond acceptors (Lipinski definition) is 6. The van der Waals surface area contributed by atoms with Gasteiger partial charge in [-0.15, -0.1) is 10.2 Å². The van der Waals surface area contributed by atoms with E-state index in [0.29, 0.717) is 16.5 Å². The van der Waals surface area contributed by atoms with E-state index in [1.807, 2.05) is 25.1 Å². The lowest BCUT2D eigenvalue weighted by molar-refractivity contribution is 0.0998. The molecule has 8 heteroatoms. The Hall–Kier alpha value is -1.38. The van der Waals surface area contributed by atoms with Gasteiger partial charge in [-0.2, -0.15) is 0 Å². The van der Waals surface area contributed by atoms with Crippen LogP contribution in [0.2, 0.25) is 0 Å². The average Bonchev–Trinajstić information content (AvgIpc) is 3.13. The van der Waals surface area contributed by atoms with E-state index in [1.165, 1.54) is 11.3 Å². The number of halogens is 1. The summed E-state index contributed by atoms with van der Waals surface area (Å²) in [6, 6.07) is 5.67. The van der Waals surface area contributed by atoms with Crippen molar-refractivity contribution in [2.24, 2.45) is 0 Å². The van der Waals surface area contributed by atoms with Crippen LogP contribution in [0.1, 0.15) is 35.9 Å². The van der Waals surface area contributed by atoms with Gasteiger partial charge in [0.05, 0.1) is 0 Å². The summed E-state index contributed by atoms with van der Waals surface area (Å²) in [6.45, 7) is 4.03. The van der Waals surface area contributed by atoms with Crippen molar-refractivity contribution in [3.8, 4) is 0 Å². The fourth-order valence-corrected chi connectivity index (χ4v) is 4.45. The summed E-state index contributed by atoms with van der Waals surface area (Å²) in [5.74, 6) is 1.01. The molecule has 0 unspecified atom stereocenters. The number of anilines is 1. The minimum Gasteiger partial charge on any atom is -0.451 e. The van der Waals surface area contributed by atoms with E-state index < -0.39 is 0 Å². The molecule has 0 saturated carbocycles. The maximum atomic E-state index is 12.5. The minimum absolute atomic E-state index is 0.304. The van der Waals surface area contributed by atoms with Crippen molar-refractivity contribution in [2.75, 3.05) is 11.1 Å². The summed E-state index contributed by atoms with van der Waals surface area (Å²) in [6.07, 6.45) is 2.29. The molecule has 126 valence electrons. The van der Waals surface area contributed by atoms with Crippen molar-refractivity contribution < 1.29 is 9.21 Å². The molecule has 5 nitrogen and oxygen atoms in total. The van der Waals surface area contributed by atoms with E-state index >= 15 is 0 Å². The molecule has 0 bridgehead atoms. The maximum absolute atomic E-state index is 12.5. The lowest BCUT2D eigenvalue weighted by atomic mass is 10.1. The Morgan fingerprint density at radius 1 is 1.42 bits per heavy atom. The Morgan fingerprint density at radius 2 is 2.25 bits per heavy atom. The molecule has 0 fully saturated rings. The van der Waals surface area contributed by atoms with Gasteiger partial charge in [-0.3, -0.25) is 10.1 Å². The predicted molar refractivity (Wildman–Crippen MR) is 102 cm³/mol. The zero-order valence-corrected chi connectivity index (χ0v) is 16.5. The summed E-state index contributed by atoms with van der Waals surface area (Å²) in [5.41, 5.74) is 1.50. The van der Waals surface area contributed by atoms with E-state index in [1.54, 1.807) is 11.8 Å². The van der Waals surface area contributed by atoms with Crippen molar-refractivity contribution in [1.29, 1.82) is 0 Å². The third-order valence-electron chi connectivity index (χ3n) is 3.45. The second kappa shape index (κ2) is 7.67. The number of unbranched alkanes of at least 4 members (excludes halogenated alkanes) is 1. The van der Waals surface area contributed by atoms with E-state index in [4.69, 9.17) is 4.42 Å². The first-order valence-corrected chi connectivity index (χ1v) is 10.1. The highest BCUT2D eigenvalue weighted by Gasteiger charge is 2.19. The van der Waals surface area contributed by atoms with E-state index in [2.05, 4.69) is 38.4 Å². The van der Waals surface area contributed by atoms with Crippen molar-refractivity contribution in [2.45, 2.75) is 31.0 Å². The summed E-state index contributed by atoms with van der Waals surface area (Å²) in [7, 11) is 0. The number of aromatic nitrogens is 2. The molecule has 0 aliphatic heterocycles. The first-order chi connectivity index (χ1) is 11.6. The van der Waals surface area contributed by atoms with Crippen LogP contribution < -0.4 is 5.32 Å². The molecule has 3 aromatic rings.